The van der Waals surface area contributed by atoms with Gasteiger partial charge in [-0.05, 0) is 24.3 Å². The molecule has 1 rings (SSSR count). The molecule has 0 N–H and O–H groups in total. The molecule has 0 unspecified atom stereocenters. The molecule has 0 spiro atoms. The van der Waals surface area contributed by atoms with Gasteiger partial charge in [0, 0.05) is 5.56 Å². The Labute approximate surface area is 114 Å². The van der Waals surface area contributed by atoms with Gasteiger partial charge in [0.2, 0.25) is 0 Å². The predicted molar refractivity (Wildman–Crippen MR) is 49.9 cm³/mol. The SMILES string of the molecule is O=C(/C=C/[O-])c1ccc(Cl)c(Cl)c1.[Na+]. The standard InChI is InChI=1S/C9H6Cl2O2.Na/c10-7-2-1-6(5-8(7)11)9(13)3-4-12;/h1-5,12H;/q;+1/p-1/b4-3+;. The molecule has 0 saturated carbocycles. The van der Waals surface area contributed by atoms with Crippen LogP contribution in [0.3, 0.4) is 0 Å². The normalized spacial score (nSPS) is 9.86. The minimum Gasteiger partial charge on any atom is -0.878 e. The van der Waals surface area contributed by atoms with E-state index in [1.54, 1.807) is 0 Å². The molecule has 14 heavy (non-hydrogen) atoms. The Morgan fingerprint density at radius 3 is 2.43 bits per heavy atom. The van der Waals surface area contributed by atoms with Crippen molar-refractivity contribution in [3.8, 4) is 0 Å². The van der Waals surface area contributed by atoms with E-state index in [-0.39, 0.29) is 35.3 Å². The van der Waals surface area contributed by atoms with Gasteiger partial charge in [-0.1, -0.05) is 23.2 Å². The number of allylic oxidation sites excluding steroid dienone is 1. The van der Waals surface area contributed by atoms with Crippen LogP contribution in [0.2, 0.25) is 10.0 Å². The first-order chi connectivity index (χ1) is 6.15. The number of hydrogen-bond donors (Lipinski definition) is 0. The molecule has 68 valence electrons. The molecule has 0 bridgehead atoms. The van der Waals surface area contributed by atoms with Crippen molar-refractivity contribution in [1.29, 1.82) is 0 Å². The molecule has 0 radical (unpaired) electrons. The van der Waals surface area contributed by atoms with Crippen LogP contribution < -0.4 is 34.7 Å². The molecule has 0 heterocycles. The maximum absolute atomic E-state index is 11.1. The minimum atomic E-state index is -0.381. The van der Waals surface area contributed by atoms with E-state index in [1.165, 1.54) is 18.2 Å². The largest absolute Gasteiger partial charge is 1.00 e. The summed E-state index contributed by atoms with van der Waals surface area (Å²) in [4.78, 5) is 11.1. The first-order valence-corrected chi connectivity index (χ1v) is 4.18. The zero-order chi connectivity index (χ0) is 9.84. The molecule has 5 heteroatoms. The van der Waals surface area contributed by atoms with Crippen molar-refractivity contribution < 1.29 is 39.5 Å². The molecule has 0 saturated heterocycles. The van der Waals surface area contributed by atoms with Crippen molar-refractivity contribution in [3.05, 3.63) is 46.1 Å². The van der Waals surface area contributed by atoms with Gasteiger partial charge in [-0.2, -0.15) is 0 Å². The van der Waals surface area contributed by atoms with Crippen molar-refractivity contribution in [3.63, 3.8) is 0 Å². The second kappa shape index (κ2) is 6.49. The Bertz CT molecular complexity index is 364. The summed E-state index contributed by atoms with van der Waals surface area (Å²) >= 11 is 11.3. The summed E-state index contributed by atoms with van der Waals surface area (Å²) in [6.07, 6.45) is 1.37. The molecule has 0 aliphatic heterocycles. The van der Waals surface area contributed by atoms with Crippen LogP contribution in [0.5, 0.6) is 0 Å². The summed E-state index contributed by atoms with van der Waals surface area (Å²) < 4.78 is 0. The number of carbonyl (C=O) groups excluding carboxylic acids is 1. The Kier molecular flexibility index (Phi) is 6.49. The fraction of sp³-hybridized carbons (Fsp3) is 0. The predicted octanol–water partition coefficient (Wildman–Crippen LogP) is -0.946. The number of ketones is 1. The van der Waals surface area contributed by atoms with Gasteiger partial charge in [-0.25, -0.2) is 0 Å². The second-order valence-electron chi connectivity index (χ2n) is 2.30. The fourth-order valence-corrected chi connectivity index (χ4v) is 1.11. The van der Waals surface area contributed by atoms with E-state index in [9.17, 15) is 9.90 Å². The quantitative estimate of drug-likeness (QED) is 0.289. The van der Waals surface area contributed by atoms with E-state index in [0.29, 0.717) is 21.9 Å². The van der Waals surface area contributed by atoms with Crippen molar-refractivity contribution in [2.24, 2.45) is 0 Å². The Morgan fingerprint density at radius 2 is 1.93 bits per heavy atom. The van der Waals surface area contributed by atoms with Crippen LogP contribution in [0, 0.1) is 0 Å². The average molecular weight is 239 g/mol. The van der Waals surface area contributed by atoms with Gasteiger partial charge in [0.15, 0.2) is 5.78 Å². The van der Waals surface area contributed by atoms with Crippen LogP contribution in [0.15, 0.2) is 30.5 Å². The van der Waals surface area contributed by atoms with Crippen LogP contribution in [-0.2, 0) is 0 Å². The van der Waals surface area contributed by atoms with Gasteiger partial charge in [0.1, 0.15) is 0 Å². The summed E-state index contributed by atoms with van der Waals surface area (Å²) in [6.45, 7) is 0. The third-order valence-electron chi connectivity index (χ3n) is 1.42. The van der Waals surface area contributed by atoms with Crippen LogP contribution in [0.4, 0.5) is 0 Å². The van der Waals surface area contributed by atoms with Crippen molar-refractivity contribution in [1.82, 2.24) is 0 Å². The van der Waals surface area contributed by atoms with Gasteiger partial charge in [-0.15, -0.1) is 6.26 Å². The van der Waals surface area contributed by atoms with E-state index >= 15 is 0 Å². The molecule has 0 aliphatic rings. The number of carbonyl (C=O) groups is 1. The zero-order valence-corrected chi connectivity index (χ0v) is 11.0. The molecular weight excluding hydrogens is 234 g/mol. The summed E-state index contributed by atoms with van der Waals surface area (Å²) in [5.41, 5.74) is 0.349. The van der Waals surface area contributed by atoms with Crippen molar-refractivity contribution in [2.45, 2.75) is 0 Å². The fourth-order valence-electron chi connectivity index (χ4n) is 0.807. The maximum atomic E-state index is 11.1. The molecule has 0 fully saturated rings. The molecule has 0 atom stereocenters. The van der Waals surface area contributed by atoms with Gasteiger partial charge < -0.3 is 5.11 Å². The Morgan fingerprint density at radius 1 is 1.29 bits per heavy atom. The number of hydrogen-bond acceptors (Lipinski definition) is 2. The Hall–Kier alpha value is 0.0100. The van der Waals surface area contributed by atoms with Crippen LogP contribution in [0.25, 0.3) is 0 Å². The number of halogens is 2. The molecule has 1 aromatic rings. The van der Waals surface area contributed by atoms with E-state index in [1.807, 2.05) is 0 Å². The molecule has 2 nitrogen and oxygen atoms in total. The van der Waals surface area contributed by atoms with Gasteiger partial charge in [-0.3, -0.25) is 4.79 Å². The van der Waals surface area contributed by atoms with E-state index in [2.05, 4.69) is 0 Å². The second-order valence-corrected chi connectivity index (χ2v) is 3.11. The average Bonchev–Trinajstić information content (AvgIpc) is 2.10. The summed E-state index contributed by atoms with van der Waals surface area (Å²) in [6, 6.07) is 4.44. The number of benzene rings is 1. The molecule has 0 amide bonds. The third kappa shape index (κ3) is 3.64. The molecule has 0 aromatic heterocycles. The molecule has 1 aromatic carbocycles. The zero-order valence-electron chi connectivity index (χ0n) is 7.46. The first-order valence-electron chi connectivity index (χ1n) is 3.43. The summed E-state index contributed by atoms with van der Waals surface area (Å²) in [5, 5.41) is 10.7. The first kappa shape index (κ1) is 14.0. The Balaban J connectivity index is 0.00000169. The van der Waals surface area contributed by atoms with Crippen LogP contribution >= 0.6 is 23.2 Å². The van der Waals surface area contributed by atoms with Crippen LogP contribution in [-0.4, -0.2) is 5.78 Å². The smallest absolute Gasteiger partial charge is 0.878 e. The maximum Gasteiger partial charge on any atom is 1.00 e. The van der Waals surface area contributed by atoms with Gasteiger partial charge in [0.05, 0.1) is 10.0 Å². The van der Waals surface area contributed by atoms with E-state index < -0.39 is 0 Å². The van der Waals surface area contributed by atoms with Gasteiger partial charge in [0.25, 0.3) is 0 Å². The third-order valence-corrected chi connectivity index (χ3v) is 2.16. The van der Waals surface area contributed by atoms with Crippen LogP contribution in [0.1, 0.15) is 10.4 Å². The molecular formula is C9H5Cl2NaO2. The van der Waals surface area contributed by atoms with Crippen molar-refractivity contribution >= 4 is 29.0 Å². The van der Waals surface area contributed by atoms with E-state index in [0.717, 1.165) is 6.08 Å². The van der Waals surface area contributed by atoms with Gasteiger partial charge >= 0.3 is 29.6 Å². The minimum absolute atomic E-state index is 0. The summed E-state index contributed by atoms with van der Waals surface area (Å²) in [5.74, 6) is -0.381. The number of rotatable bonds is 2. The van der Waals surface area contributed by atoms with E-state index in [4.69, 9.17) is 23.2 Å². The topological polar surface area (TPSA) is 40.1 Å². The van der Waals surface area contributed by atoms with Crippen molar-refractivity contribution in [2.75, 3.05) is 0 Å². The molecule has 0 aliphatic carbocycles. The monoisotopic (exact) mass is 238 g/mol. The summed E-state index contributed by atoms with van der Waals surface area (Å²) in [7, 11) is 0.